The number of primary amides is 1. The number of hydrogen-bond donors (Lipinski definition) is 1. The smallest absolute Gasteiger partial charge is 0.266 e. The molecule has 0 fully saturated rings. The molecule has 0 aliphatic heterocycles. The van der Waals surface area contributed by atoms with E-state index < -0.39 is 17.0 Å². The zero-order valence-electron chi connectivity index (χ0n) is 13.1. The number of thioether (sulfide) groups is 1. The Bertz CT molecular complexity index is 1040. The van der Waals surface area contributed by atoms with Crippen LogP contribution < -0.4 is 11.3 Å². The van der Waals surface area contributed by atoms with Gasteiger partial charge >= 0.3 is 0 Å². The van der Waals surface area contributed by atoms with E-state index >= 15 is 0 Å². The summed E-state index contributed by atoms with van der Waals surface area (Å²) in [5, 5.41) is -0.0385. The highest BCUT2D eigenvalue weighted by molar-refractivity contribution is 8.00. The number of halogens is 2. The number of hydrogen-bond acceptors (Lipinski definition) is 4. The average molecular weight is 378 g/mol. The second-order valence-corrected chi connectivity index (χ2v) is 7.03. The lowest BCUT2D eigenvalue weighted by Gasteiger charge is -2.15. The average Bonchev–Trinajstić information content (AvgIpc) is 2.58. The third-order valence-electron chi connectivity index (χ3n) is 3.59. The summed E-state index contributed by atoms with van der Waals surface area (Å²) in [6, 6.07) is 10.8. The monoisotopic (exact) mass is 377 g/mol. The van der Waals surface area contributed by atoms with Crippen molar-refractivity contribution < 1.29 is 9.18 Å². The van der Waals surface area contributed by atoms with Gasteiger partial charge in [-0.1, -0.05) is 35.5 Å². The van der Waals surface area contributed by atoms with Crippen LogP contribution in [-0.2, 0) is 4.79 Å². The normalized spacial score (nSPS) is 12.3. The molecule has 0 unspecified atom stereocenters. The summed E-state index contributed by atoms with van der Waals surface area (Å²) < 4.78 is 14.8. The maximum atomic E-state index is 13.5. The van der Waals surface area contributed by atoms with Crippen LogP contribution in [0.1, 0.15) is 6.92 Å². The molecule has 8 heteroatoms. The van der Waals surface area contributed by atoms with Crippen LogP contribution in [0, 0.1) is 5.82 Å². The predicted octanol–water partition coefficient (Wildman–Crippen LogP) is 3.14. The number of nitrogens with two attached hydrogens (primary N) is 1. The van der Waals surface area contributed by atoms with E-state index in [9.17, 15) is 14.0 Å². The van der Waals surface area contributed by atoms with Gasteiger partial charge in [0.25, 0.3) is 5.56 Å². The van der Waals surface area contributed by atoms with Crippen LogP contribution in [0.4, 0.5) is 4.39 Å². The molecule has 0 saturated heterocycles. The van der Waals surface area contributed by atoms with Crippen LogP contribution in [-0.4, -0.2) is 20.7 Å². The second-order valence-electron chi connectivity index (χ2n) is 5.31. The Labute approximate surface area is 151 Å². The third kappa shape index (κ3) is 3.38. The molecular weight excluding hydrogens is 365 g/mol. The lowest BCUT2D eigenvalue weighted by Crippen LogP contribution is -2.26. The van der Waals surface area contributed by atoms with Crippen molar-refractivity contribution in [2.24, 2.45) is 5.73 Å². The molecule has 2 aromatic carbocycles. The fraction of sp³-hybridized carbons (Fsp3) is 0.118. The van der Waals surface area contributed by atoms with Gasteiger partial charge in [-0.25, -0.2) is 9.37 Å². The number of aromatic nitrogens is 2. The number of carbonyl (C=O) groups excluding carboxylic acids is 1. The second kappa shape index (κ2) is 6.85. The number of para-hydroxylation sites is 1. The van der Waals surface area contributed by atoms with Crippen LogP contribution >= 0.6 is 23.4 Å². The van der Waals surface area contributed by atoms with Crippen LogP contribution in [0.5, 0.6) is 0 Å². The van der Waals surface area contributed by atoms with Crippen molar-refractivity contribution in [3.8, 4) is 5.69 Å². The minimum Gasteiger partial charge on any atom is -0.369 e. The van der Waals surface area contributed by atoms with Crippen molar-refractivity contribution in [2.75, 3.05) is 0 Å². The number of fused-ring (bicyclic) bond motifs is 1. The molecule has 1 amide bonds. The van der Waals surface area contributed by atoms with Crippen molar-refractivity contribution in [1.82, 2.24) is 9.55 Å². The van der Waals surface area contributed by atoms with Gasteiger partial charge in [0.1, 0.15) is 5.82 Å². The quantitative estimate of drug-likeness (QED) is 0.559. The van der Waals surface area contributed by atoms with Crippen molar-refractivity contribution in [3.05, 3.63) is 63.7 Å². The van der Waals surface area contributed by atoms with E-state index in [0.29, 0.717) is 16.6 Å². The Balaban J connectivity index is 2.29. The first-order valence-corrected chi connectivity index (χ1v) is 8.57. The molecule has 0 bridgehead atoms. The Kier molecular flexibility index (Phi) is 4.78. The zero-order chi connectivity index (χ0) is 18.1. The maximum absolute atomic E-state index is 13.5. The molecule has 3 aromatic rings. The van der Waals surface area contributed by atoms with Gasteiger partial charge in [0.05, 0.1) is 26.9 Å². The summed E-state index contributed by atoms with van der Waals surface area (Å²) in [5.74, 6) is -1.12. The van der Waals surface area contributed by atoms with E-state index in [1.54, 1.807) is 31.2 Å². The largest absolute Gasteiger partial charge is 0.369 e. The van der Waals surface area contributed by atoms with Crippen LogP contribution in [0.25, 0.3) is 16.6 Å². The fourth-order valence-corrected chi connectivity index (χ4v) is 3.31. The van der Waals surface area contributed by atoms with Gasteiger partial charge in [-0.2, -0.15) is 0 Å². The number of rotatable bonds is 4. The molecule has 2 N–H and O–H groups in total. The maximum Gasteiger partial charge on any atom is 0.266 e. The Morgan fingerprint density at radius 3 is 2.72 bits per heavy atom. The summed E-state index contributed by atoms with van der Waals surface area (Å²) in [5.41, 5.74) is 5.83. The highest BCUT2D eigenvalue weighted by Crippen LogP contribution is 2.26. The van der Waals surface area contributed by atoms with Crippen LogP contribution in [0.3, 0.4) is 0 Å². The predicted molar refractivity (Wildman–Crippen MR) is 96.8 cm³/mol. The van der Waals surface area contributed by atoms with Gasteiger partial charge in [-0.05, 0) is 37.3 Å². The van der Waals surface area contributed by atoms with Gasteiger partial charge < -0.3 is 5.73 Å². The summed E-state index contributed by atoms with van der Waals surface area (Å²) in [6.07, 6.45) is 0. The Morgan fingerprint density at radius 2 is 2.04 bits per heavy atom. The van der Waals surface area contributed by atoms with Crippen molar-refractivity contribution >= 4 is 40.2 Å². The standard InChI is InChI=1S/C17H13ClFN3O2S/c1-9(15(20)23)25-17-21-14-5-3-2-4-11(14)16(24)22(17)10-6-7-13(19)12(18)8-10/h2-9H,1H3,(H2,20,23)/t9-/m1/s1. The Morgan fingerprint density at radius 1 is 1.32 bits per heavy atom. The van der Waals surface area contributed by atoms with Crippen molar-refractivity contribution in [1.29, 1.82) is 0 Å². The van der Waals surface area contributed by atoms with Gasteiger partial charge in [0, 0.05) is 0 Å². The van der Waals surface area contributed by atoms with Crippen LogP contribution in [0.2, 0.25) is 5.02 Å². The van der Waals surface area contributed by atoms with Crippen molar-refractivity contribution in [3.63, 3.8) is 0 Å². The molecule has 1 atom stereocenters. The molecule has 1 aromatic heterocycles. The highest BCUT2D eigenvalue weighted by atomic mass is 35.5. The van der Waals surface area contributed by atoms with Gasteiger partial charge in [-0.3, -0.25) is 14.2 Å². The summed E-state index contributed by atoms with van der Waals surface area (Å²) in [7, 11) is 0. The minimum atomic E-state index is -0.602. The van der Waals surface area contributed by atoms with Gasteiger partial charge in [-0.15, -0.1) is 0 Å². The lowest BCUT2D eigenvalue weighted by atomic mass is 10.2. The van der Waals surface area contributed by atoms with E-state index in [4.69, 9.17) is 17.3 Å². The molecule has 0 aliphatic rings. The molecule has 0 aliphatic carbocycles. The number of amides is 1. The van der Waals surface area contributed by atoms with Gasteiger partial charge in [0.15, 0.2) is 5.16 Å². The van der Waals surface area contributed by atoms with E-state index in [0.717, 1.165) is 11.8 Å². The first-order valence-electron chi connectivity index (χ1n) is 7.31. The van der Waals surface area contributed by atoms with E-state index in [1.807, 2.05) is 0 Å². The molecular formula is C17H13ClFN3O2S. The molecule has 1 heterocycles. The molecule has 0 spiro atoms. The topological polar surface area (TPSA) is 78.0 Å². The minimum absolute atomic E-state index is 0.114. The Hall–Kier alpha value is -2.38. The third-order valence-corrected chi connectivity index (χ3v) is 4.95. The molecule has 5 nitrogen and oxygen atoms in total. The molecule has 0 saturated carbocycles. The molecule has 25 heavy (non-hydrogen) atoms. The summed E-state index contributed by atoms with van der Waals surface area (Å²) in [4.78, 5) is 28.8. The van der Waals surface area contributed by atoms with Crippen molar-refractivity contribution in [2.45, 2.75) is 17.3 Å². The molecule has 3 rings (SSSR count). The first kappa shape index (κ1) is 17.4. The van der Waals surface area contributed by atoms with Crippen LogP contribution in [0.15, 0.2) is 52.4 Å². The number of nitrogens with zero attached hydrogens (tertiary/aromatic N) is 2. The SMILES string of the molecule is C[C@@H](Sc1nc2ccccc2c(=O)n1-c1ccc(F)c(Cl)c1)C(N)=O. The van der Waals surface area contributed by atoms with E-state index in [1.165, 1.54) is 22.8 Å². The number of benzene rings is 2. The number of carbonyl (C=O) groups is 1. The summed E-state index contributed by atoms with van der Waals surface area (Å²) >= 11 is 6.90. The highest BCUT2D eigenvalue weighted by Gasteiger charge is 2.19. The molecule has 128 valence electrons. The zero-order valence-corrected chi connectivity index (χ0v) is 14.6. The lowest BCUT2D eigenvalue weighted by molar-refractivity contribution is -0.117. The van der Waals surface area contributed by atoms with E-state index in [2.05, 4.69) is 4.98 Å². The first-order chi connectivity index (χ1) is 11.9. The fourth-order valence-electron chi connectivity index (χ4n) is 2.26. The molecule has 0 radical (unpaired) electrons. The summed E-state index contributed by atoms with van der Waals surface area (Å²) in [6.45, 7) is 1.62. The van der Waals surface area contributed by atoms with E-state index in [-0.39, 0.29) is 15.7 Å². The van der Waals surface area contributed by atoms with Gasteiger partial charge in [0.2, 0.25) is 5.91 Å².